The van der Waals surface area contributed by atoms with Crippen LogP contribution in [0, 0.1) is 0 Å². The van der Waals surface area contributed by atoms with Crippen molar-refractivity contribution in [3.05, 3.63) is 35.9 Å². The maximum Gasteiger partial charge on any atom is 0.104 e. The zero-order chi connectivity index (χ0) is 10.2. The second-order valence-electron chi connectivity index (χ2n) is 2.96. The summed E-state index contributed by atoms with van der Waals surface area (Å²) in [5.41, 5.74) is 1.22. The molecule has 78 valence electrons. The average molecular weight is 194 g/mol. The molecule has 2 rings (SSSR count). The molecule has 1 aromatic carbocycles. The highest BCUT2D eigenvalue weighted by Gasteiger charge is 2.21. The predicted molar refractivity (Wildman–Crippen MR) is 57.2 cm³/mol. The van der Waals surface area contributed by atoms with Crippen LogP contribution in [0.2, 0.25) is 0 Å². The van der Waals surface area contributed by atoms with E-state index < -0.39 is 0 Å². The molecule has 0 saturated carbocycles. The van der Waals surface area contributed by atoms with Crippen molar-refractivity contribution in [3.8, 4) is 0 Å². The lowest BCUT2D eigenvalue weighted by Crippen LogP contribution is -2.00. The Bertz CT molecular complexity index is 229. The molecule has 1 unspecified atom stereocenters. The van der Waals surface area contributed by atoms with Crippen LogP contribution in [0.3, 0.4) is 0 Å². The van der Waals surface area contributed by atoms with Gasteiger partial charge in [0.15, 0.2) is 0 Å². The van der Waals surface area contributed by atoms with Crippen molar-refractivity contribution in [2.75, 3.05) is 13.2 Å². The zero-order valence-corrected chi connectivity index (χ0v) is 8.90. The molecule has 1 aliphatic rings. The van der Waals surface area contributed by atoms with Gasteiger partial charge in [0.1, 0.15) is 6.10 Å². The maximum atomic E-state index is 5.42. The number of benzene rings is 1. The van der Waals surface area contributed by atoms with E-state index in [0.29, 0.717) is 12.7 Å². The van der Waals surface area contributed by atoms with Crippen LogP contribution in [0.25, 0.3) is 0 Å². The summed E-state index contributed by atoms with van der Waals surface area (Å²) in [6.45, 7) is 6.30. The van der Waals surface area contributed by atoms with E-state index in [4.69, 9.17) is 9.47 Å². The van der Waals surface area contributed by atoms with Crippen molar-refractivity contribution < 1.29 is 9.47 Å². The fourth-order valence-corrected chi connectivity index (χ4v) is 1.05. The van der Waals surface area contributed by atoms with Gasteiger partial charge in [0.05, 0.1) is 19.8 Å². The normalized spacial score (nSPS) is 18.3. The largest absolute Gasteiger partial charge is 0.374 e. The third-order valence-electron chi connectivity index (χ3n) is 1.82. The van der Waals surface area contributed by atoms with Crippen LogP contribution in [-0.2, 0) is 16.1 Å². The molecule has 1 atom stereocenters. The van der Waals surface area contributed by atoms with E-state index in [0.717, 1.165) is 13.2 Å². The minimum absolute atomic E-state index is 0.369. The highest BCUT2D eigenvalue weighted by molar-refractivity contribution is 5.13. The van der Waals surface area contributed by atoms with Gasteiger partial charge in [-0.2, -0.15) is 0 Å². The fraction of sp³-hybridized carbons (Fsp3) is 0.500. The van der Waals surface area contributed by atoms with Crippen LogP contribution in [-0.4, -0.2) is 19.3 Å². The Balaban J connectivity index is 0.000000461. The summed E-state index contributed by atoms with van der Waals surface area (Å²) < 4.78 is 10.4. The molecule has 0 aliphatic carbocycles. The summed E-state index contributed by atoms with van der Waals surface area (Å²) in [5.74, 6) is 0. The van der Waals surface area contributed by atoms with Crippen LogP contribution >= 0.6 is 0 Å². The van der Waals surface area contributed by atoms with E-state index in [9.17, 15) is 0 Å². The standard InChI is InChI=1S/C10H12O2.C2H6/c1-2-4-9(5-3-1)6-11-7-10-8-12-10;1-2/h1-5,10H,6-8H2;1-2H3. The Morgan fingerprint density at radius 3 is 2.50 bits per heavy atom. The number of epoxide rings is 1. The van der Waals surface area contributed by atoms with Crippen molar-refractivity contribution in [2.45, 2.75) is 26.6 Å². The number of hydrogen-bond donors (Lipinski definition) is 0. The summed E-state index contributed by atoms with van der Waals surface area (Å²) in [5, 5.41) is 0. The zero-order valence-electron chi connectivity index (χ0n) is 8.90. The van der Waals surface area contributed by atoms with Crippen molar-refractivity contribution in [1.29, 1.82) is 0 Å². The molecule has 1 saturated heterocycles. The van der Waals surface area contributed by atoms with Gasteiger partial charge in [0.25, 0.3) is 0 Å². The van der Waals surface area contributed by atoms with Gasteiger partial charge in [-0.25, -0.2) is 0 Å². The van der Waals surface area contributed by atoms with Gasteiger partial charge in [0, 0.05) is 0 Å². The maximum absolute atomic E-state index is 5.42. The number of hydrogen-bond acceptors (Lipinski definition) is 2. The summed E-state index contributed by atoms with van der Waals surface area (Å²) in [7, 11) is 0. The summed E-state index contributed by atoms with van der Waals surface area (Å²) >= 11 is 0. The van der Waals surface area contributed by atoms with Crippen molar-refractivity contribution in [2.24, 2.45) is 0 Å². The van der Waals surface area contributed by atoms with E-state index in [-0.39, 0.29) is 0 Å². The van der Waals surface area contributed by atoms with E-state index in [1.54, 1.807) is 0 Å². The van der Waals surface area contributed by atoms with Gasteiger partial charge < -0.3 is 9.47 Å². The molecule has 2 heteroatoms. The second-order valence-corrected chi connectivity index (χ2v) is 2.96. The van der Waals surface area contributed by atoms with Gasteiger partial charge in [-0.3, -0.25) is 0 Å². The predicted octanol–water partition coefficient (Wildman–Crippen LogP) is 2.63. The molecule has 1 aromatic rings. The fourth-order valence-electron chi connectivity index (χ4n) is 1.05. The molecule has 0 radical (unpaired) electrons. The Morgan fingerprint density at radius 2 is 1.93 bits per heavy atom. The lowest BCUT2D eigenvalue weighted by molar-refractivity contribution is 0.104. The van der Waals surface area contributed by atoms with Gasteiger partial charge in [-0.1, -0.05) is 44.2 Å². The summed E-state index contributed by atoms with van der Waals surface area (Å²) in [6, 6.07) is 10.2. The first kappa shape index (κ1) is 11.2. The van der Waals surface area contributed by atoms with Gasteiger partial charge in [-0.05, 0) is 5.56 Å². The molecular weight excluding hydrogens is 176 g/mol. The molecule has 0 amide bonds. The molecule has 1 heterocycles. The van der Waals surface area contributed by atoms with E-state index in [1.807, 2.05) is 32.0 Å². The van der Waals surface area contributed by atoms with Crippen LogP contribution in [0.5, 0.6) is 0 Å². The second kappa shape index (κ2) is 6.57. The first-order chi connectivity index (χ1) is 6.95. The van der Waals surface area contributed by atoms with Crippen LogP contribution < -0.4 is 0 Å². The topological polar surface area (TPSA) is 21.8 Å². The summed E-state index contributed by atoms with van der Waals surface area (Å²) in [4.78, 5) is 0. The van der Waals surface area contributed by atoms with Crippen LogP contribution in [0.15, 0.2) is 30.3 Å². The van der Waals surface area contributed by atoms with Crippen molar-refractivity contribution in [3.63, 3.8) is 0 Å². The molecule has 0 bridgehead atoms. The van der Waals surface area contributed by atoms with Crippen LogP contribution in [0.1, 0.15) is 19.4 Å². The Labute approximate surface area is 85.8 Å². The molecule has 14 heavy (non-hydrogen) atoms. The van der Waals surface area contributed by atoms with E-state index in [2.05, 4.69) is 12.1 Å². The molecule has 0 spiro atoms. The number of rotatable bonds is 4. The lowest BCUT2D eigenvalue weighted by Gasteiger charge is -2.00. The lowest BCUT2D eigenvalue weighted by atomic mass is 10.2. The Kier molecular flexibility index (Phi) is 5.27. The molecule has 1 fully saturated rings. The highest BCUT2D eigenvalue weighted by Crippen LogP contribution is 2.10. The smallest absolute Gasteiger partial charge is 0.104 e. The Morgan fingerprint density at radius 1 is 1.29 bits per heavy atom. The first-order valence-corrected chi connectivity index (χ1v) is 5.18. The monoisotopic (exact) mass is 194 g/mol. The minimum Gasteiger partial charge on any atom is -0.374 e. The average Bonchev–Trinajstić information content (AvgIpc) is 3.07. The van der Waals surface area contributed by atoms with E-state index in [1.165, 1.54) is 5.56 Å². The van der Waals surface area contributed by atoms with E-state index >= 15 is 0 Å². The summed E-state index contributed by atoms with van der Waals surface area (Å²) in [6.07, 6.45) is 0.369. The first-order valence-electron chi connectivity index (χ1n) is 5.18. The quantitative estimate of drug-likeness (QED) is 0.687. The van der Waals surface area contributed by atoms with Crippen molar-refractivity contribution >= 4 is 0 Å². The third kappa shape index (κ3) is 4.40. The molecule has 1 aliphatic heterocycles. The third-order valence-corrected chi connectivity index (χ3v) is 1.82. The Hall–Kier alpha value is -0.860. The van der Waals surface area contributed by atoms with Gasteiger partial charge in [0.2, 0.25) is 0 Å². The minimum atomic E-state index is 0.369. The van der Waals surface area contributed by atoms with Gasteiger partial charge >= 0.3 is 0 Å². The SMILES string of the molecule is CC.c1ccc(COCC2CO2)cc1. The van der Waals surface area contributed by atoms with Crippen LogP contribution in [0.4, 0.5) is 0 Å². The van der Waals surface area contributed by atoms with Crippen molar-refractivity contribution in [1.82, 2.24) is 0 Å². The van der Waals surface area contributed by atoms with Gasteiger partial charge in [-0.15, -0.1) is 0 Å². The molecular formula is C12H18O2. The molecule has 0 aromatic heterocycles. The molecule has 2 nitrogen and oxygen atoms in total. The highest BCUT2D eigenvalue weighted by atomic mass is 16.6. The molecule has 0 N–H and O–H groups in total. The number of ether oxygens (including phenoxy) is 2.